The van der Waals surface area contributed by atoms with Crippen molar-refractivity contribution in [3.63, 3.8) is 0 Å². The Labute approximate surface area is 100 Å². The number of hydrogen-bond acceptors (Lipinski definition) is 5. The van der Waals surface area contributed by atoms with Crippen molar-refractivity contribution in [2.24, 2.45) is 5.84 Å². The van der Waals surface area contributed by atoms with E-state index in [-0.39, 0.29) is 6.04 Å². The molecule has 0 saturated carbocycles. The maximum atomic E-state index is 5.85. The molecule has 5 N–H and O–H groups in total. The van der Waals surface area contributed by atoms with Gasteiger partial charge in [0, 0.05) is 18.4 Å². The van der Waals surface area contributed by atoms with E-state index in [1.54, 1.807) is 6.07 Å². The van der Waals surface area contributed by atoms with Gasteiger partial charge >= 0.3 is 0 Å². The molecule has 1 unspecified atom stereocenters. The molecule has 5 nitrogen and oxygen atoms in total. The zero-order chi connectivity index (χ0) is 12.0. The van der Waals surface area contributed by atoms with Crippen LogP contribution in [0.4, 0.5) is 5.82 Å². The molecule has 0 aliphatic rings. The summed E-state index contributed by atoms with van der Waals surface area (Å²) in [4.78, 5) is 3.97. The van der Waals surface area contributed by atoms with Gasteiger partial charge in [0.15, 0.2) is 0 Å². The molecule has 90 valence electrons. The molecule has 0 fully saturated rings. The number of pyridine rings is 1. The molecule has 0 spiro atoms. The summed E-state index contributed by atoms with van der Waals surface area (Å²) in [5, 5.41) is 0.528. The van der Waals surface area contributed by atoms with Crippen molar-refractivity contribution in [1.29, 1.82) is 0 Å². The molecule has 0 saturated heterocycles. The summed E-state index contributed by atoms with van der Waals surface area (Å²) in [6, 6.07) is 1.54. The van der Waals surface area contributed by atoms with Crippen molar-refractivity contribution in [3.8, 4) is 0 Å². The maximum absolute atomic E-state index is 5.85. The molecule has 0 aromatic carbocycles. The van der Waals surface area contributed by atoms with Crippen LogP contribution in [0.3, 0.4) is 0 Å². The van der Waals surface area contributed by atoms with Crippen LogP contribution in [0.5, 0.6) is 0 Å². The van der Waals surface area contributed by atoms with Gasteiger partial charge in [-0.05, 0) is 12.5 Å². The fourth-order valence-electron chi connectivity index (χ4n) is 1.32. The van der Waals surface area contributed by atoms with Crippen LogP contribution in [0.25, 0.3) is 0 Å². The first-order chi connectivity index (χ1) is 7.69. The van der Waals surface area contributed by atoms with Crippen molar-refractivity contribution in [2.75, 3.05) is 18.9 Å². The fourth-order valence-corrected chi connectivity index (χ4v) is 1.48. The zero-order valence-corrected chi connectivity index (χ0v) is 10.00. The third-order valence-electron chi connectivity index (χ3n) is 2.13. The highest BCUT2D eigenvalue weighted by Gasteiger charge is 2.14. The van der Waals surface area contributed by atoms with Gasteiger partial charge in [-0.15, -0.1) is 0 Å². The number of halogens is 1. The highest BCUT2D eigenvalue weighted by atomic mass is 35.5. The topological polar surface area (TPSA) is 86.2 Å². The number of aromatic nitrogens is 1. The molecule has 1 aromatic heterocycles. The van der Waals surface area contributed by atoms with E-state index < -0.39 is 0 Å². The zero-order valence-electron chi connectivity index (χ0n) is 9.24. The number of hydrazine groups is 1. The standard InChI is InChI=1S/C10H17ClN4O/c1-2-3-16-6-9(15-13)8-4-7(11)5-14-10(8)12/h4-5,9,15H,2-3,6,13H2,1H3,(H2,12,14). The van der Waals surface area contributed by atoms with Gasteiger partial charge in [0.25, 0.3) is 0 Å². The van der Waals surface area contributed by atoms with E-state index in [4.69, 9.17) is 27.9 Å². The van der Waals surface area contributed by atoms with Crippen LogP contribution in [0.15, 0.2) is 12.3 Å². The average molecular weight is 245 g/mol. The third kappa shape index (κ3) is 3.61. The first-order valence-corrected chi connectivity index (χ1v) is 5.51. The number of nitrogens with one attached hydrogen (secondary N) is 1. The number of nitrogens with zero attached hydrogens (tertiary/aromatic N) is 1. The Balaban J connectivity index is 2.73. The lowest BCUT2D eigenvalue weighted by Crippen LogP contribution is -2.32. The van der Waals surface area contributed by atoms with E-state index in [0.29, 0.717) is 24.1 Å². The Morgan fingerprint density at radius 1 is 1.62 bits per heavy atom. The summed E-state index contributed by atoms with van der Waals surface area (Å²) in [6.07, 6.45) is 2.46. The molecule has 0 amide bonds. The summed E-state index contributed by atoms with van der Waals surface area (Å²) >= 11 is 5.85. The number of rotatable bonds is 6. The second kappa shape index (κ2) is 6.65. The van der Waals surface area contributed by atoms with E-state index >= 15 is 0 Å². The molecular formula is C10H17ClN4O. The van der Waals surface area contributed by atoms with Gasteiger partial charge in [-0.3, -0.25) is 11.3 Å². The summed E-state index contributed by atoms with van der Waals surface area (Å²) in [5.74, 6) is 5.86. The monoisotopic (exact) mass is 244 g/mol. The van der Waals surface area contributed by atoms with Gasteiger partial charge in [0.2, 0.25) is 0 Å². The van der Waals surface area contributed by atoms with Gasteiger partial charge < -0.3 is 10.5 Å². The number of hydrogen-bond donors (Lipinski definition) is 3. The van der Waals surface area contributed by atoms with Crippen molar-refractivity contribution >= 4 is 17.4 Å². The van der Waals surface area contributed by atoms with Crippen LogP contribution in [0.2, 0.25) is 5.02 Å². The molecule has 0 radical (unpaired) electrons. The molecule has 1 aromatic rings. The first kappa shape index (κ1) is 13.2. The fraction of sp³-hybridized carbons (Fsp3) is 0.500. The third-order valence-corrected chi connectivity index (χ3v) is 2.33. The van der Waals surface area contributed by atoms with Crippen LogP contribution in [0, 0.1) is 0 Å². The summed E-state index contributed by atoms with van der Waals surface area (Å²) in [7, 11) is 0. The minimum absolute atomic E-state index is 0.197. The molecule has 16 heavy (non-hydrogen) atoms. The predicted octanol–water partition coefficient (Wildman–Crippen LogP) is 1.25. The number of nitrogens with two attached hydrogens (primary N) is 2. The summed E-state index contributed by atoms with van der Waals surface area (Å²) in [6.45, 7) is 3.17. The van der Waals surface area contributed by atoms with Gasteiger partial charge in [-0.1, -0.05) is 18.5 Å². The molecule has 1 atom stereocenters. The Morgan fingerprint density at radius 2 is 2.38 bits per heavy atom. The van der Waals surface area contributed by atoms with Crippen molar-refractivity contribution < 1.29 is 4.74 Å². The SMILES string of the molecule is CCCOCC(NN)c1cc(Cl)cnc1N. The van der Waals surface area contributed by atoms with Crippen LogP contribution in [-0.2, 0) is 4.74 Å². The average Bonchev–Trinajstić information content (AvgIpc) is 2.28. The van der Waals surface area contributed by atoms with Crippen LogP contribution in [0.1, 0.15) is 24.9 Å². The largest absolute Gasteiger partial charge is 0.383 e. The van der Waals surface area contributed by atoms with Crippen LogP contribution in [-0.4, -0.2) is 18.2 Å². The Hall–Kier alpha value is -0.880. The number of nitrogen functional groups attached to an aromatic ring is 1. The highest BCUT2D eigenvalue weighted by molar-refractivity contribution is 6.30. The lowest BCUT2D eigenvalue weighted by atomic mass is 10.1. The molecule has 1 heterocycles. The lowest BCUT2D eigenvalue weighted by molar-refractivity contribution is 0.112. The lowest BCUT2D eigenvalue weighted by Gasteiger charge is -2.17. The smallest absolute Gasteiger partial charge is 0.128 e. The molecule has 6 heteroatoms. The highest BCUT2D eigenvalue weighted by Crippen LogP contribution is 2.21. The second-order valence-electron chi connectivity index (χ2n) is 3.42. The molecule has 0 aliphatic carbocycles. The Bertz CT molecular complexity index is 335. The summed E-state index contributed by atoms with van der Waals surface area (Å²) in [5.41, 5.74) is 9.15. The van der Waals surface area contributed by atoms with Crippen LogP contribution < -0.4 is 17.0 Å². The number of ether oxygens (including phenoxy) is 1. The van der Waals surface area contributed by atoms with E-state index in [9.17, 15) is 0 Å². The number of anilines is 1. The van der Waals surface area contributed by atoms with Gasteiger partial charge in [-0.25, -0.2) is 4.98 Å². The minimum atomic E-state index is -0.197. The van der Waals surface area contributed by atoms with E-state index in [1.807, 2.05) is 6.92 Å². The second-order valence-corrected chi connectivity index (χ2v) is 3.86. The van der Waals surface area contributed by atoms with Crippen molar-refractivity contribution in [3.05, 3.63) is 22.8 Å². The van der Waals surface area contributed by atoms with Crippen molar-refractivity contribution in [2.45, 2.75) is 19.4 Å². The van der Waals surface area contributed by atoms with Gasteiger partial charge in [0.1, 0.15) is 5.82 Å². The van der Waals surface area contributed by atoms with Gasteiger partial charge in [0.05, 0.1) is 17.7 Å². The van der Waals surface area contributed by atoms with E-state index in [2.05, 4.69) is 10.4 Å². The maximum Gasteiger partial charge on any atom is 0.128 e. The molecule has 0 bridgehead atoms. The van der Waals surface area contributed by atoms with Crippen LogP contribution >= 0.6 is 11.6 Å². The minimum Gasteiger partial charge on any atom is -0.383 e. The van der Waals surface area contributed by atoms with E-state index in [0.717, 1.165) is 12.0 Å². The first-order valence-electron chi connectivity index (χ1n) is 5.13. The quantitative estimate of drug-likeness (QED) is 0.398. The molecule has 1 rings (SSSR count). The van der Waals surface area contributed by atoms with Crippen molar-refractivity contribution in [1.82, 2.24) is 10.4 Å². The Morgan fingerprint density at radius 3 is 3.00 bits per heavy atom. The van der Waals surface area contributed by atoms with Gasteiger partial charge in [-0.2, -0.15) is 0 Å². The van der Waals surface area contributed by atoms with E-state index in [1.165, 1.54) is 6.20 Å². The predicted molar refractivity (Wildman–Crippen MR) is 64.8 cm³/mol. The Kier molecular flexibility index (Phi) is 5.48. The molecule has 0 aliphatic heterocycles. The summed E-state index contributed by atoms with van der Waals surface area (Å²) < 4.78 is 5.42. The normalized spacial score (nSPS) is 12.7. The molecular weight excluding hydrogens is 228 g/mol.